The number of carbonyl (C=O) groups is 2. The van der Waals surface area contributed by atoms with Crippen LogP contribution in [-0.2, 0) is 9.59 Å². The molecular formula is C15H19ClN2O3. The maximum absolute atomic E-state index is 11.9. The van der Waals surface area contributed by atoms with Gasteiger partial charge in [-0.05, 0) is 30.5 Å². The lowest BCUT2D eigenvalue weighted by atomic mass is 10.1. The molecule has 0 radical (unpaired) electrons. The molecule has 1 aromatic rings. The monoisotopic (exact) mass is 310 g/mol. The Morgan fingerprint density at radius 2 is 2.24 bits per heavy atom. The van der Waals surface area contributed by atoms with Gasteiger partial charge in [-0.3, -0.25) is 9.59 Å². The molecule has 0 bridgehead atoms. The van der Waals surface area contributed by atoms with Gasteiger partial charge in [0.1, 0.15) is 5.75 Å². The van der Waals surface area contributed by atoms with Gasteiger partial charge in [0.25, 0.3) is 5.91 Å². The second kappa shape index (κ2) is 6.80. The Labute approximate surface area is 129 Å². The Morgan fingerprint density at radius 1 is 1.48 bits per heavy atom. The highest BCUT2D eigenvalue weighted by Gasteiger charge is 2.29. The van der Waals surface area contributed by atoms with Crippen molar-refractivity contribution in [3.63, 3.8) is 0 Å². The molecule has 1 heterocycles. The summed E-state index contributed by atoms with van der Waals surface area (Å²) in [6, 6.07) is 4.98. The fourth-order valence-corrected chi connectivity index (χ4v) is 2.17. The Morgan fingerprint density at radius 3 is 2.95 bits per heavy atom. The summed E-state index contributed by atoms with van der Waals surface area (Å²) in [7, 11) is 0. The number of benzene rings is 1. The summed E-state index contributed by atoms with van der Waals surface area (Å²) in [5.41, 5.74) is 0.531. The third-order valence-corrected chi connectivity index (χ3v) is 3.41. The highest BCUT2D eigenvalue weighted by Crippen LogP contribution is 2.32. The predicted molar refractivity (Wildman–Crippen MR) is 81.6 cm³/mol. The van der Waals surface area contributed by atoms with E-state index in [0.717, 1.165) is 6.42 Å². The zero-order valence-corrected chi connectivity index (χ0v) is 12.9. The molecule has 0 aromatic heterocycles. The predicted octanol–water partition coefficient (Wildman–Crippen LogP) is 2.59. The molecular weight excluding hydrogens is 292 g/mol. The third-order valence-electron chi connectivity index (χ3n) is 3.18. The van der Waals surface area contributed by atoms with Crippen LogP contribution >= 0.6 is 11.6 Å². The molecule has 1 atom stereocenters. The van der Waals surface area contributed by atoms with Crippen LogP contribution in [0.3, 0.4) is 0 Å². The lowest BCUT2D eigenvalue weighted by Crippen LogP contribution is -2.41. The van der Waals surface area contributed by atoms with Crippen molar-refractivity contribution in [1.82, 2.24) is 5.32 Å². The number of amides is 2. The van der Waals surface area contributed by atoms with Crippen molar-refractivity contribution in [1.29, 1.82) is 0 Å². The summed E-state index contributed by atoms with van der Waals surface area (Å²) >= 11 is 5.86. The molecule has 21 heavy (non-hydrogen) atoms. The smallest absolute Gasteiger partial charge is 0.266 e. The average molecular weight is 311 g/mol. The van der Waals surface area contributed by atoms with Crippen molar-refractivity contribution < 1.29 is 14.3 Å². The van der Waals surface area contributed by atoms with Gasteiger partial charge in [0.05, 0.1) is 12.1 Å². The summed E-state index contributed by atoms with van der Waals surface area (Å²) in [6.45, 7) is 4.79. The lowest BCUT2D eigenvalue weighted by Gasteiger charge is -2.25. The zero-order valence-electron chi connectivity index (χ0n) is 12.1. The maximum Gasteiger partial charge on any atom is 0.266 e. The normalized spacial score (nSPS) is 17.0. The first-order valence-electron chi connectivity index (χ1n) is 6.99. The van der Waals surface area contributed by atoms with Crippen molar-refractivity contribution in [2.24, 2.45) is 5.92 Å². The van der Waals surface area contributed by atoms with Crippen LogP contribution in [0.4, 0.5) is 5.69 Å². The minimum absolute atomic E-state index is 0.00595. The average Bonchev–Trinajstić information content (AvgIpc) is 2.39. The van der Waals surface area contributed by atoms with Crippen LogP contribution in [0.1, 0.15) is 26.7 Å². The van der Waals surface area contributed by atoms with E-state index >= 15 is 0 Å². The topological polar surface area (TPSA) is 67.4 Å². The molecule has 0 unspecified atom stereocenters. The van der Waals surface area contributed by atoms with E-state index in [0.29, 0.717) is 28.9 Å². The highest BCUT2D eigenvalue weighted by molar-refractivity contribution is 6.31. The van der Waals surface area contributed by atoms with E-state index in [1.54, 1.807) is 18.2 Å². The van der Waals surface area contributed by atoms with Gasteiger partial charge in [-0.1, -0.05) is 25.4 Å². The van der Waals surface area contributed by atoms with Gasteiger partial charge in [-0.15, -0.1) is 0 Å². The number of anilines is 1. The molecule has 114 valence electrons. The number of hydrogen-bond acceptors (Lipinski definition) is 3. The minimum Gasteiger partial charge on any atom is -0.478 e. The van der Waals surface area contributed by atoms with Gasteiger partial charge in [-0.2, -0.15) is 0 Å². The van der Waals surface area contributed by atoms with Crippen molar-refractivity contribution in [3.05, 3.63) is 23.2 Å². The second-order valence-corrected chi connectivity index (χ2v) is 5.91. The standard InChI is InChI=1S/C15H19ClN2O3/c1-9(2)5-6-17-14(19)8-13-15(20)18-11-7-10(16)3-4-12(11)21-13/h3-4,7,9,13H,5-6,8H2,1-2H3,(H,17,19)(H,18,20)/t13-/m1/s1. The molecule has 2 N–H and O–H groups in total. The second-order valence-electron chi connectivity index (χ2n) is 5.47. The van der Waals surface area contributed by atoms with Crippen molar-refractivity contribution >= 4 is 29.1 Å². The van der Waals surface area contributed by atoms with Crippen LogP contribution < -0.4 is 15.4 Å². The van der Waals surface area contributed by atoms with E-state index in [9.17, 15) is 9.59 Å². The first-order chi connectivity index (χ1) is 9.95. The number of ether oxygens (including phenoxy) is 1. The van der Waals surface area contributed by atoms with Gasteiger partial charge < -0.3 is 15.4 Å². The van der Waals surface area contributed by atoms with E-state index < -0.39 is 6.10 Å². The Balaban J connectivity index is 1.91. The van der Waals surface area contributed by atoms with Crippen LogP contribution in [-0.4, -0.2) is 24.5 Å². The van der Waals surface area contributed by atoms with Gasteiger partial charge in [0.2, 0.25) is 5.91 Å². The zero-order chi connectivity index (χ0) is 15.4. The first-order valence-corrected chi connectivity index (χ1v) is 7.37. The van der Waals surface area contributed by atoms with Crippen LogP contribution in [0.15, 0.2) is 18.2 Å². The molecule has 1 aliphatic heterocycles. The molecule has 0 aliphatic carbocycles. The molecule has 1 aliphatic rings. The fourth-order valence-electron chi connectivity index (χ4n) is 2.00. The molecule has 0 fully saturated rings. The molecule has 5 nitrogen and oxygen atoms in total. The van der Waals surface area contributed by atoms with Gasteiger partial charge in [-0.25, -0.2) is 0 Å². The number of carbonyl (C=O) groups excluding carboxylic acids is 2. The summed E-state index contributed by atoms with van der Waals surface area (Å²) in [6.07, 6.45) is 0.106. The lowest BCUT2D eigenvalue weighted by molar-refractivity contribution is -0.130. The SMILES string of the molecule is CC(C)CCNC(=O)C[C@H]1Oc2ccc(Cl)cc2NC1=O. The summed E-state index contributed by atoms with van der Waals surface area (Å²) in [5.74, 6) is 0.534. The van der Waals surface area contributed by atoms with Crippen molar-refractivity contribution in [2.45, 2.75) is 32.8 Å². The third kappa shape index (κ3) is 4.36. The van der Waals surface area contributed by atoms with E-state index in [1.807, 2.05) is 0 Å². The van der Waals surface area contributed by atoms with Gasteiger partial charge in [0.15, 0.2) is 6.10 Å². The molecule has 2 rings (SSSR count). The van der Waals surface area contributed by atoms with E-state index in [-0.39, 0.29) is 18.2 Å². The molecule has 6 heteroatoms. The minimum atomic E-state index is -0.808. The number of halogens is 1. The van der Waals surface area contributed by atoms with Crippen LogP contribution in [0.5, 0.6) is 5.75 Å². The van der Waals surface area contributed by atoms with Crippen LogP contribution in [0, 0.1) is 5.92 Å². The number of rotatable bonds is 5. The van der Waals surface area contributed by atoms with Crippen LogP contribution in [0.25, 0.3) is 0 Å². The molecule has 0 saturated heterocycles. The molecule has 0 spiro atoms. The van der Waals surface area contributed by atoms with Gasteiger partial charge in [0, 0.05) is 11.6 Å². The van der Waals surface area contributed by atoms with E-state index in [4.69, 9.17) is 16.3 Å². The summed E-state index contributed by atoms with van der Waals surface area (Å²) in [4.78, 5) is 23.7. The first kappa shape index (κ1) is 15.6. The number of hydrogen-bond donors (Lipinski definition) is 2. The Kier molecular flexibility index (Phi) is 5.07. The van der Waals surface area contributed by atoms with Gasteiger partial charge >= 0.3 is 0 Å². The van der Waals surface area contributed by atoms with E-state index in [2.05, 4.69) is 24.5 Å². The molecule has 2 amide bonds. The van der Waals surface area contributed by atoms with Crippen LogP contribution in [0.2, 0.25) is 5.02 Å². The largest absolute Gasteiger partial charge is 0.478 e. The maximum atomic E-state index is 11.9. The Hall–Kier alpha value is -1.75. The Bertz CT molecular complexity index is 546. The summed E-state index contributed by atoms with van der Waals surface area (Å²) < 4.78 is 5.57. The number of nitrogens with one attached hydrogen (secondary N) is 2. The fraction of sp³-hybridized carbons (Fsp3) is 0.467. The molecule has 1 aromatic carbocycles. The van der Waals surface area contributed by atoms with E-state index in [1.165, 1.54) is 0 Å². The van der Waals surface area contributed by atoms with Crippen molar-refractivity contribution in [2.75, 3.05) is 11.9 Å². The highest BCUT2D eigenvalue weighted by atomic mass is 35.5. The number of fused-ring (bicyclic) bond motifs is 1. The molecule has 0 saturated carbocycles. The van der Waals surface area contributed by atoms with Crippen molar-refractivity contribution in [3.8, 4) is 5.75 Å². The summed E-state index contributed by atoms with van der Waals surface area (Å²) in [5, 5.41) is 6.01. The quantitative estimate of drug-likeness (QED) is 0.878.